The standard InChI is InChI=1S/C15H27N5O6/c1-6(2)11(17)14(24)18-7(3)12(22)20-9(5-10(16)21)13(23)19-8(4)15(25)26/h6-9,11H,5,17H2,1-4H3,(H2,16,21)(H,18,24)(H,19,23)(H,20,22)(H,25,26). The van der Waals surface area contributed by atoms with E-state index >= 15 is 0 Å². The van der Waals surface area contributed by atoms with Crippen molar-refractivity contribution in [2.75, 3.05) is 0 Å². The highest BCUT2D eigenvalue weighted by molar-refractivity contribution is 5.95. The van der Waals surface area contributed by atoms with Crippen LogP contribution in [-0.4, -0.2) is 58.9 Å². The smallest absolute Gasteiger partial charge is 0.325 e. The zero-order valence-corrected chi connectivity index (χ0v) is 15.2. The molecule has 0 aliphatic carbocycles. The molecule has 0 aromatic heterocycles. The van der Waals surface area contributed by atoms with Crippen molar-refractivity contribution in [3.63, 3.8) is 0 Å². The third-order valence-corrected chi connectivity index (χ3v) is 3.54. The predicted molar refractivity (Wildman–Crippen MR) is 91.4 cm³/mol. The number of primary amides is 1. The molecule has 0 bridgehead atoms. The van der Waals surface area contributed by atoms with Crippen LogP contribution in [0.1, 0.15) is 34.1 Å². The lowest BCUT2D eigenvalue weighted by Crippen LogP contribution is -2.57. The van der Waals surface area contributed by atoms with Crippen molar-refractivity contribution in [2.24, 2.45) is 17.4 Å². The van der Waals surface area contributed by atoms with Crippen molar-refractivity contribution in [1.82, 2.24) is 16.0 Å². The number of carbonyl (C=O) groups is 5. The van der Waals surface area contributed by atoms with E-state index in [0.717, 1.165) is 0 Å². The maximum Gasteiger partial charge on any atom is 0.325 e. The van der Waals surface area contributed by atoms with Crippen LogP contribution in [0, 0.1) is 5.92 Å². The molecule has 0 radical (unpaired) electrons. The number of rotatable bonds is 10. The fourth-order valence-electron chi connectivity index (χ4n) is 1.76. The quantitative estimate of drug-likeness (QED) is 0.242. The van der Waals surface area contributed by atoms with Crippen LogP contribution in [0.5, 0.6) is 0 Å². The lowest BCUT2D eigenvalue weighted by atomic mass is 10.0. The topological polar surface area (TPSA) is 194 Å². The van der Waals surface area contributed by atoms with Crippen molar-refractivity contribution >= 4 is 29.6 Å². The summed E-state index contributed by atoms with van der Waals surface area (Å²) in [5, 5.41) is 15.6. The minimum absolute atomic E-state index is 0.142. The Labute approximate surface area is 151 Å². The number of aliphatic carboxylic acids is 1. The second-order valence-corrected chi connectivity index (χ2v) is 6.30. The monoisotopic (exact) mass is 373 g/mol. The maximum absolute atomic E-state index is 12.2. The Hall–Kier alpha value is -2.69. The SMILES string of the molecule is CC(NC(=O)C(CC(N)=O)NC(=O)C(C)NC(=O)C(N)C(C)C)C(=O)O. The summed E-state index contributed by atoms with van der Waals surface area (Å²) >= 11 is 0. The first-order chi connectivity index (χ1) is 11.9. The number of hydrogen-bond acceptors (Lipinski definition) is 6. The summed E-state index contributed by atoms with van der Waals surface area (Å²) in [5.41, 5.74) is 10.7. The van der Waals surface area contributed by atoms with E-state index in [9.17, 15) is 24.0 Å². The van der Waals surface area contributed by atoms with E-state index in [-0.39, 0.29) is 5.92 Å². The molecule has 11 heteroatoms. The average molecular weight is 373 g/mol. The lowest BCUT2D eigenvalue weighted by Gasteiger charge is -2.23. The summed E-state index contributed by atoms with van der Waals surface area (Å²) < 4.78 is 0. The molecule has 26 heavy (non-hydrogen) atoms. The Kier molecular flexibility index (Phi) is 9.27. The summed E-state index contributed by atoms with van der Waals surface area (Å²) in [5.74, 6) is -4.48. The van der Waals surface area contributed by atoms with Crippen LogP contribution >= 0.6 is 0 Å². The molecule has 0 aromatic carbocycles. The molecule has 0 spiro atoms. The van der Waals surface area contributed by atoms with E-state index in [2.05, 4.69) is 16.0 Å². The zero-order chi connectivity index (χ0) is 20.6. The van der Waals surface area contributed by atoms with Gasteiger partial charge in [0.05, 0.1) is 12.5 Å². The molecule has 0 aliphatic heterocycles. The van der Waals surface area contributed by atoms with Crippen LogP contribution in [0.25, 0.3) is 0 Å². The molecule has 0 rings (SSSR count). The molecule has 4 amide bonds. The van der Waals surface area contributed by atoms with Crippen molar-refractivity contribution in [3.8, 4) is 0 Å². The number of carboxylic acid groups (broad SMARTS) is 1. The molecule has 0 fully saturated rings. The third-order valence-electron chi connectivity index (χ3n) is 3.54. The second kappa shape index (κ2) is 10.3. The highest BCUT2D eigenvalue weighted by atomic mass is 16.4. The van der Waals surface area contributed by atoms with Gasteiger partial charge in [-0.1, -0.05) is 13.8 Å². The van der Waals surface area contributed by atoms with E-state index in [1.165, 1.54) is 13.8 Å². The highest BCUT2D eigenvalue weighted by Gasteiger charge is 2.28. The van der Waals surface area contributed by atoms with Crippen LogP contribution in [-0.2, 0) is 24.0 Å². The number of nitrogens with two attached hydrogens (primary N) is 2. The van der Waals surface area contributed by atoms with Crippen LogP contribution in [0.2, 0.25) is 0 Å². The van der Waals surface area contributed by atoms with Crippen LogP contribution in [0.3, 0.4) is 0 Å². The second-order valence-electron chi connectivity index (χ2n) is 6.30. The van der Waals surface area contributed by atoms with E-state index in [1.807, 2.05) is 0 Å². The van der Waals surface area contributed by atoms with Crippen LogP contribution < -0.4 is 27.4 Å². The summed E-state index contributed by atoms with van der Waals surface area (Å²) in [7, 11) is 0. The fraction of sp³-hybridized carbons (Fsp3) is 0.667. The third kappa shape index (κ3) is 7.92. The number of carboxylic acids is 1. The molecule has 0 aliphatic rings. The summed E-state index contributed by atoms with van der Waals surface area (Å²) in [6.45, 7) is 6.08. The Balaban J connectivity index is 4.96. The van der Waals surface area contributed by atoms with Gasteiger partial charge in [-0.3, -0.25) is 24.0 Å². The first-order valence-electron chi connectivity index (χ1n) is 8.04. The number of hydrogen-bond donors (Lipinski definition) is 6. The minimum atomic E-state index is -1.38. The molecule has 0 saturated carbocycles. The van der Waals surface area contributed by atoms with Gasteiger partial charge in [0.1, 0.15) is 18.1 Å². The fourth-order valence-corrected chi connectivity index (χ4v) is 1.76. The van der Waals surface area contributed by atoms with Crippen molar-refractivity contribution < 1.29 is 29.1 Å². The molecular weight excluding hydrogens is 346 g/mol. The number of carbonyl (C=O) groups excluding carboxylic acids is 4. The minimum Gasteiger partial charge on any atom is -0.480 e. The van der Waals surface area contributed by atoms with Gasteiger partial charge in [0.25, 0.3) is 0 Å². The van der Waals surface area contributed by atoms with Gasteiger partial charge >= 0.3 is 5.97 Å². The number of amides is 4. The first-order valence-corrected chi connectivity index (χ1v) is 8.04. The van der Waals surface area contributed by atoms with Gasteiger partial charge in [0, 0.05) is 0 Å². The molecule has 4 unspecified atom stereocenters. The van der Waals surface area contributed by atoms with E-state index in [4.69, 9.17) is 16.6 Å². The first kappa shape index (κ1) is 23.3. The summed E-state index contributed by atoms with van der Waals surface area (Å²) in [6.07, 6.45) is -0.532. The van der Waals surface area contributed by atoms with Gasteiger partial charge in [-0.2, -0.15) is 0 Å². The van der Waals surface area contributed by atoms with E-state index in [0.29, 0.717) is 0 Å². The Morgan fingerprint density at radius 2 is 1.35 bits per heavy atom. The molecule has 0 saturated heterocycles. The molecule has 11 nitrogen and oxygen atoms in total. The van der Waals surface area contributed by atoms with Crippen molar-refractivity contribution in [3.05, 3.63) is 0 Å². The Bertz CT molecular complexity index is 565. The maximum atomic E-state index is 12.2. The van der Waals surface area contributed by atoms with Gasteiger partial charge in [0.15, 0.2) is 0 Å². The Morgan fingerprint density at radius 1 is 0.846 bits per heavy atom. The molecule has 0 heterocycles. The normalized spacial score (nSPS) is 15.3. The Morgan fingerprint density at radius 3 is 1.77 bits per heavy atom. The van der Waals surface area contributed by atoms with Crippen molar-refractivity contribution in [1.29, 1.82) is 0 Å². The average Bonchev–Trinajstić information content (AvgIpc) is 2.52. The van der Waals surface area contributed by atoms with Gasteiger partial charge in [-0.15, -0.1) is 0 Å². The van der Waals surface area contributed by atoms with Gasteiger partial charge < -0.3 is 32.5 Å². The van der Waals surface area contributed by atoms with Gasteiger partial charge in [-0.05, 0) is 19.8 Å². The molecule has 148 valence electrons. The molecule has 0 aromatic rings. The summed E-state index contributed by atoms with van der Waals surface area (Å²) in [6, 6.07) is -4.45. The van der Waals surface area contributed by atoms with Gasteiger partial charge in [0.2, 0.25) is 23.6 Å². The van der Waals surface area contributed by atoms with Crippen molar-refractivity contribution in [2.45, 2.75) is 58.3 Å². The molecule has 8 N–H and O–H groups in total. The van der Waals surface area contributed by atoms with E-state index in [1.54, 1.807) is 13.8 Å². The predicted octanol–water partition coefficient (Wildman–Crippen LogP) is -2.58. The molecule has 4 atom stereocenters. The summed E-state index contributed by atoms with van der Waals surface area (Å²) in [4.78, 5) is 58.0. The van der Waals surface area contributed by atoms with E-state index < -0.39 is 60.2 Å². The zero-order valence-electron chi connectivity index (χ0n) is 15.2. The van der Waals surface area contributed by atoms with Crippen LogP contribution in [0.4, 0.5) is 0 Å². The lowest BCUT2D eigenvalue weighted by molar-refractivity contribution is -0.142. The number of nitrogens with one attached hydrogen (secondary N) is 3. The highest BCUT2D eigenvalue weighted by Crippen LogP contribution is 2.00. The molecular formula is C15H27N5O6. The van der Waals surface area contributed by atoms with Crippen LogP contribution in [0.15, 0.2) is 0 Å². The van der Waals surface area contributed by atoms with Gasteiger partial charge in [-0.25, -0.2) is 0 Å². The largest absolute Gasteiger partial charge is 0.480 e.